The number of nitrogens with zero attached hydrogens (tertiary/aromatic N) is 1. The number of carbonyl (C=O) groups excluding carboxylic acids is 1. The fourth-order valence-corrected chi connectivity index (χ4v) is 7.59. The highest BCUT2D eigenvalue weighted by molar-refractivity contribution is 5.79. The van der Waals surface area contributed by atoms with Crippen molar-refractivity contribution in [2.75, 3.05) is 13.1 Å². The molecule has 0 spiro atoms. The molecule has 0 unspecified atom stereocenters. The van der Waals surface area contributed by atoms with Crippen LogP contribution in [0.2, 0.25) is 0 Å². The van der Waals surface area contributed by atoms with E-state index >= 15 is 0 Å². The van der Waals surface area contributed by atoms with Gasteiger partial charge in [0.15, 0.2) is 0 Å². The second-order valence-corrected chi connectivity index (χ2v) is 11.1. The second-order valence-electron chi connectivity index (χ2n) is 11.1. The molecular weight excluding hydrogens is 380 g/mol. The molecule has 1 saturated heterocycles. The van der Waals surface area contributed by atoms with Crippen molar-refractivity contribution < 1.29 is 4.79 Å². The normalized spacial score (nSPS) is 30.5. The Labute approximate surface area is 189 Å². The van der Waals surface area contributed by atoms with Gasteiger partial charge in [0, 0.05) is 31.6 Å². The molecule has 1 amide bonds. The minimum Gasteiger partial charge on any atom is -0.353 e. The maximum atomic E-state index is 13.7. The van der Waals surface area contributed by atoms with Gasteiger partial charge in [0.25, 0.3) is 0 Å². The molecule has 3 nitrogen and oxygen atoms in total. The highest BCUT2D eigenvalue weighted by atomic mass is 16.2. The van der Waals surface area contributed by atoms with Gasteiger partial charge in [-0.1, -0.05) is 68.9 Å². The third-order valence-electron chi connectivity index (χ3n) is 9.13. The Morgan fingerprint density at radius 3 is 2.13 bits per heavy atom. The maximum absolute atomic E-state index is 13.7. The quantitative estimate of drug-likeness (QED) is 0.629. The number of amides is 1. The number of hydrogen-bond acceptors (Lipinski definition) is 2. The van der Waals surface area contributed by atoms with Gasteiger partial charge in [0.1, 0.15) is 0 Å². The standard InChI is InChI=1S/C28H42N2O/c31-28(27(22-12-6-2-7-13-22)23-14-8-3-9-15-23)29-26-17-16-24-19-30(20-25(24)26)18-21-10-4-1-5-11-21/h1,4-5,10-11,22-27H,2-3,6-9,12-20H2,(H,29,31)/t24-,25+,26+/m1/s1. The molecule has 3 atom stereocenters. The van der Waals surface area contributed by atoms with Crippen LogP contribution in [-0.4, -0.2) is 29.9 Å². The molecule has 3 saturated carbocycles. The summed E-state index contributed by atoms with van der Waals surface area (Å²) in [6, 6.07) is 11.3. The summed E-state index contributed by atoms with van der Waals surface area (Å²) < 4.78 is 0. The topological polar surface area (TPSA) is 32.3 Å². The fraction of sp³-hybridized carbons (Fsp3) is 0.750. The minimum atomic E-state index is 0.293. The van der Waals surface area contributed by atoms with Crippen molar-refractivity contribution in [3.05, 3.63) is 35.9 Å². The second kappa shape index (κ2) is 10.1. The number of nitrogens with one attached hydrogen (secondary N) is 1. The van der Waals surface area contributed by atoms with Crippen molar-refractivity contribution >= 4 is 5.91 Å². The Kier molecular flexibility index (Phi) is 6.98. The van der Waals surface area contributed by atoms with Gasteiger partial charge in [0.05, 0.1) is 0 Å². The van der Waals surface area contributed by atoms with E-state index in [1.165, 1.54) is 89.2 Å². The van der Waals surface area contributed by atoms with Crippen LogP contribution in [0.1, 0.15) is 82.6 Å². The summed E-state index contributed by atoms with van der Waals surface area (Å²) in [5.41, 5.74) is 1.41. The molecule has 1 aromatic carbocycles. The predicted octanol–water partition coefficient (Wildman–Crippen LogP) is 5.79. The van der Waals surface area contributed by atoms with E-state index in [9.17, 15) is 4.79 Å². The van der Waals surface area contributed by atoms with Crippen LogP contribution in [0.3, 0.4) is 0 Å². The molecule has 4 aliphatic rings. The Hall–Kier alpha value is -1.35. The highest BCUT2D eigenvalue weighted by Crippen LogP contribution is 2.42. The first-order valence-electron chi connectivity index (χ1n) is 13.3. The smallest absolute Gasteiger partial charge is 0.223 e. The number of benzene rings is 1. The zero-order chi connectivity index (χ0) is 21.0. The van der Waals surface area contributed by atoms with Gasteiger partial charge in [-0.05, 0) is 67.8 Å². The van der Waals surface area contributed by atoms with E-state index in [1.807, 2.05) is 0 Å². The monoisotopic (exact) mass is 422 g/mol. The molecule has 31 heavy (non-hydrogen) atoms. The first-order chi connectivity index (χ1) is 15.3. The maximum Gasteiger partial charge on any atom is 0.223 e. The van der Waals surface area contributed by atoms with E-state index < -0.39 is 0 Å². The van der Waals surface area contributed by atoms with Gasteiger partial charge in [-0.2, -0.15) is 0 Å². The minimum absolute atomic E-state index is 0.293. The van der Waals surface area contributed by atoms with E-state index in [0.717, 1.165) is 19.0 Å². The van der Waals surface area contributed by atoms with Crippen molar-refractivity contribution in [1.29, 1.82) is 0 Å². The van der Waals surface area contributed by atoms with E-state index in [1.54, 1.807) is 0 Å². The van der Waals surface area contributed by atoms with Gasteiger partial charge in [-0.3, -0.25) is 9.69 Å². The van der Waals surface area contributed by atoms with Gasteiger partial charge in [-0.15, -0.1) is 0 Å². The molecule has 5 rings (SSSR count). The molecule has 4 fully saturated rings. The first-order valence-corrected chi connectivity index (χ1v) is 13.3. The number of fused-ring (bicyclic) bond motifs is 1. The van der Waals surface area contributed by atoms with Gasteiger partial charge in [-0.25, -0.2) is 0 Å². The van der Waals surface area contributed by atoms with Crippen LogP contribution in [0.25, 0.3) is 0 Å². The van der Waals surface area contributed by atoms with Crippen LogP contribution < -0.4 is 5.32 Å². The molecule has 1 N–H and O–H groups in total. The fourth-order valence-electron chi connectivity index (χ4n) is 7.59. The number of hydrogen-bond donors (Lipinski definition) is 1. The predicted molar refractivity (Wildman–Crippen MR) is 127 cm³/mol. The Morgan fingerprint density at radius 2 is 1.48 bits per heavy atom. The summed E-state index contributed by atoms with van der Waals surface area (Å²) in [5, 5.41) is 3.66. The molecule has 0 radical (unpaired) electrons. The zero-order valence-corrected chi connectivity index (χ0v) is 19.3. The van der Waals surface area contributed by atoms with Gasteiger partial charge >= 0.3 is 0 Å². The molecule has 1 heterocycles. The van der Waals surface area contributed by atoms with E-state index in [2.05, 4.69) is 40.5 Å². The third-order valence-corrected chi connectivity index (χ3v) is 9.13. The van der Waals surface area contributed by atoms with E-state index in [0.29, 0.717) is 35.6 Å². The van der Waals surface area contributed by atoms with Crippen molar-refractivity contribution in [3.8, 4) is 0 Å². The average molecular weight is 423 g/mol. The number of rotatable bonds is 6. The van der Waals surface area contributed by atoms with Crippen LogP contribution >= 0.6 is 0 Å². The van der Waals surface area contributed by atoms with Crippen molar-refractivity contribution in [2.45, 2.75) is 89.6 Å². The molecule has 170 valence electrons. The molecule has 1 aromatic rings. The van der Waals surface area contributed by atoms with Crippen LogP contribution in [0.15, 0.2) is 30.3 Å². The van der Waals surface area contributed by atoms with Crippen molar-refractivity contribution in [1.82, 2.24) is 10.2 Å². The lowest BCUT2D eigenvalue weighted by Crippen LogP contribution is -2.47. The van der Waals surface area contributed by atoms with Gasteiger partial charge in [0.2, 0.25) is 5.91 Å². The Balaban J connectivity index is 1.22. The molecule has 0 bridgehead atoms. The van der Waals surface area contributed by atoms with Crippen LogP contribution in [0, 0.1) is 29.6 Å². The Morgan fingerprint density at radius 1 is 0.839 bits per heavy atom. The largest absolute Gasteiger partial charge is 0.353 e. The molecule has 3 heteroatoms. The van der Waals surface area contributed by atoms with Crippen LogP contribution in [0.5, 0.6) is 0 Å². The summed E-state index contributed by atoms with van der Waals surface area (Å²) in [6.07, 6.45) is 15.7. The van der Waals surface area contributed by atoms with Crippen molar-refractivity contribution in [2.24, 2.45) is 29.6 Å². The summed E-state index contributed by atoms with van der Waals surface area (Å²) in [5.74, 6) is 3.45. The summed E-state index contributed by atoms with van der Waals surface area (Å²) >= 11 is 0. The summed E-state index contributed by atoms with van der Waals surface area (Å²) in [4.78, 5) is 16.4. The molecule has 3 aliphatic carbocycles. The third kappa shape index (κ3) is 5.02. The first kappa shape index (κ1) is 21.5. The highest BCUT2D eigenvalue weighted by Gasteiger charge is 2.44. The SMILES string of the molecule is O=C(N[C@H]1CC[C@@H]2CN(Cc3ccccc3)C[C@@H]21)C(C1CCCCC1)C1CCCCC1. The zero-order valence-electron chi connectivity index (χ0n) is 19.3. The molecule has 1 aliphatic heterocycles. The average Bonchev–Trinajstić information content (AvgIpc) is 3.37. The molecule has 0 aromatic heterocycles. The van der Waals surface area contributed by atoms with Crippen LogP contribution in [0.4, 0.5) is 0 Å². The van der Waals surface area contributed by atoms with E-state index in [-0.39, 0.29) is 0 Å². The lowest BCUT2D eigenvalue weighted by atomic mass is 9.69. The Bertz CT molecular complexity index is 689. The lowest BCUT2D eigenvalue weighted by Gasteiger charge is -2.37. The lowest BCUT2D eigenvalue weighted by molar-refractivity contribution is -0.131. The summed E-state index contributed by atoms with van der Waals surface area (Å²) in [7, 11) is 0. The van der Waals surface area contributed by atoms with Crippen molar-refractivity contribution in [3.63, 3.8) is 0 Å². The van der Waals surface area contributed by atoms with Crippen LogP contribution in [-0.2, 0) is 11.3 Å². The summed E-state index contributed by atoms with van der Waals surface area (Å²) in [6.45, 7) is 3.42. The molecular formula is C28H42N2O. The van der Waals surface area contributed by atoms with E-state index in [4.69, 9.17) is 0 Å². The van der Waals surface area contributed by atoms with Gasteiger partial charge < -0.3 is 5.32 Å². The number of likely N-dealkylation sites (tertiary alicyclic amines) is 1. The number of carbonyl (C=O) groups is 1.